The molecule has 0 fully saturated rings. The van der Waals surface area contributed by atoms with Crippen molar-refractivity contribution in [3.63, 3.8) is 0 Å². The molecular weight excluding hydrogens is 426 g/mol. The van der Waals surface area contributed by atoms with Crippen LogP contribution >= 0.6 is 37.9 Å². The van der Waals surface area contributed by atoms with Crippen LogP contribution in [-0.2, 0) is 14.4 Å². The summed E-state index contributed by atoms with van der Waals surface area (Å²) in [5.41, 5.74) is -4.77. The zero-order chi connectivity index (χ0) is 20.6. The van der Waals surface area contributed by atoms with E-state index in [-0.39, 0.29) is 50.7 Å². The van der Waals surface area contributed by atoms with E-state index in [4.69, 9.17) is 0 Å². The molecule has 0 aliphatic carbocycles. The van der Waals surface area contributed by atoms with Crippen LogP contribution in [0.3, 0.4) is 0 Å². The van der Waals surface area contributed by atoms with Gasteiger partial charge in [-0.25, -0.2) is 28.8 Å². The van der Waals surface area contributed by atoms with E-state index in [1.807, 2.05) is 0 Å². The number of rotatable bonds is 9. The summed E-state index contributed by atoms with van der Waals surface area (Å²) in [4.78, 5) is 85.0. The first kappa shape index (κ1) is 22.9. The van der Waals surface area contributed by atoms with Gasteiger partial charge in [-0.1, -0.05) is 14.2 Å². The summed E-state index contributed by atoms with van der Waals surface area (Å²) in [5, 5.41) is 0. The first-order chi connectivity index (χ1) is 12.8. The summed E-state index contributed by atoms with van der Waals surface area (Å²) in [6.07, 6.45) is -0.854. The Morgan fingerprint density at radius 2 is 0.815 bits per heavy atom. The van der Waals surface area contributed by atoms with Gasteiger partial charge < -0.3 is 14.5 Å². The molecule has 1 heterocycles. The van der Waals surface area contributed by atoms with Crippen LogP contribution in [0.4, 0.5) is 0 Å². The second-order valence-corrected chi connectivity index (χ2v) is 5.88. The highest BCUT2D eigenvalue weighted by Crippen LogP contribution is 1.87. The lowest BCUT2D eigenvalue weighted by Crippen LogP contribution is -2.61. The lowest BCUT2D eigenvalue weighted by Gasteiger charge is -2.12. The van der Waals surface area contributed by atoms with Crippen LogP contribution in [0.5, 0.6) is 0 Å². The Kier molecular flexibility index (Phi) is 9.23. The highest BCUT2D eigenvalue weighted by atomic mass is 32.1. The maximum atomic E-state index is 12.2. The standard InChI is InChI=1S/C12H15N3O9S3/c16-7(1-4-25)22-13-10(19)14(23-8(17)2-5-26)12(21)15(11(13)20)24-9(18)3-6-27/h25-27H,1-6H2. The third-order valence-electron chi connectivity index (χ3n) is 2.57. The van der Waals surface area contributed by atoms with E-state index in [1.54, 1.807) is 0 Å². The van der Waals surface area contributed by atoms with E-state index < -0.39 is 35.0 Å². The van der Waals surface area contributed by atoms with Gasteiger partial charge in [-0.05, 0) is 0 Å². The van der Waals surface area contributed by atoms with Crippen molar-refractivity contribution >= 4 is 55.8 Å². The van der Waals surface area contributed by atoms with Crippen LogP contribution in [0.25, 0.3) is 0 Å². The molecule has 0 N–H and O–H groups in total. The molecule has 0 radical (unpaired) electrons. The van der Waals surface area contributed by atoms with E-state index in [1.165, 1.54) is 0 Å². The second kappa shape index (κ2) is 10.9. The topological polar surface area (TPSA) is 145 Å². The normalized spacial score (nSPS) is 10.3. The molecule has 12 nitrogen and oxygen atoms in total. The van der Waals surface area contributed by atoms with E-state index >= 15 is 0 Å². The molecule has 1 aromatic heterocycles. The molecule has 0 spiro atoms. The third kappa shape index (κ3) is 6.21. The average molecular weight is 441 g/mol. The van der Waals surface area contributed by atoms with Crippen molar-refractivity contribution in [2.45, 2.75) is 19.3 Å². The molecule has 1 rings (SSSR count). The molecule has 1 aromatic rings. The molecule has 0 saturated carbocycles. The van der Waals surface area contributed by atoms with Crippen LogP contribution in [0.15, 0.2) is 14.4 Å². The van der Waals surface area contributed by atoms with Crippen molar-refractivity contribution < 1.29 is 28.9 Å². The summed E-state index contributed by atoms with van der Waals surface area (Å²) < 4.78 is -0.556. The van der Waals surface area contributed by atoms with E-state index in [0.29, 0.717) is 0 Å². The maximum Gasteiger partial charge on any atom is 0.405 e. The van der Waals surface area contributed by atoms with Crippen molar-refractivity contribution in [2.75, 3.05) is 17.3 Å². The number of aromatic nitrogens is 3. The number of hydrogen-bond donors (Lipinski definition) is 3. The molecule has 0 aromatic carbocycles. The molecule has 0 aliphatic heterocycles. The largest absolute Gasteiger partial charge is 0.405 e. The lowest BCUT2D eigenvalue weighted by atomic mass is 10.5. The minimum atomic E-state index is -1.59. The maximum absolute atomic E-state index is 12.2. The van der Waals surface area contributed by atoms with Gasteiger partial charge in [0.2, 0.25) is 0 Å². The van der Waals surface area contributed by atoms with Gasteiger partial charge in [-0.2, -0.15) is 37.9 Å². The summed E-state index contributed by atoms with van der Waals surface area (Å²) >= 11 is 11.4. The molecule has 150 valence electrons. The molecule has 15 heteroatoms. The Bertz CT molecular complexity index is 744. The first-order valence-electron chi connectivity index (χ1n) is 7.24. The Labute approximate surface area is 167 Å². The summed E-state index contributed by atoms with van der Waals surface area (Å²) in [5.74, 6) is -3.04. The van der Waals surface area contributed by atoms with Crippen molar-refractivity contribution in [3.05, 3.63) is 31.5 Å². The molecule has 27 heavy (non-hydrogen) atoms. The van der Waals surface area contributed by atoms with Crippen LogP contribution < -0.4 is 31.6 Å². The zero-order valence-electron chi connectivity index (χ0n) is 13.6. The van der Waals surface area contributed by atoms with Crippen molar-refractivity contribution in [2.24, 2.45) is 0 Å². The van der Waals surface area contributed by atoms with Gasteiger partial charge in [-0.3, -0.25) is 0 Å². The van der Waals surface area contributed by atoms with Gasteiger partial charge in [0.15, 0.2) is 0 Å². The predicted molar refractivity (Wildman–Crippen MR) is 99.4 cm³/mol. The van der Waals surface area contributed by atoms with E-state index in [9.17, 15) is 28.8 Å². The van der Waals surface area contributed by atoms with Crippen LogP contribution in [0.2, 0.25) is 0 Å². The number of nitrogens with zero attached hydrogens (tertiary/aromatic N) is 3. The van der Waals surface area contributed by atoms with Crippen LogP contribution in [0, 0.1) is 0 Å². The Balaban J connectivity index is 3.52. The molecule has 0 aliphatic rings. The van der Waals surface area contributed by atoms with Gasteiger partial charge >= 0.3 is 35.0 Å². The van der Waals surface area contributed by atoms with Crippen molar-refractivity contribution in [3.8, 4) is 0 Å². The first-order valence-corrected chi connectivity index (χ1v) is 9.13. The molecule has 0 amide bonds. The highest BCUT2D eigenvalue weighted by molar-refractivity contribution is 7.80. The molecule has 0 saturated heterocycles. The monoisotopic (exact) mass is 441 g/mol. The predicted octanol–water partition coefficient (Wildman–Crippen LogP) is -3.00. The minimum Gasteiger partial charge on any atom is -0.327 e. The van der Waals surface area contributed by atoms with Gasteiger partial charge in [0, 0.05) is 17.3 Å². The summed E-state index contributed by atoms with van der Waals surface area (Å²) in [7, 11) is 0. The minimum absolute atomic E-state index is 0.0370. The fourth-order valence-corrected chi connectivity index (χ4v) is 1.99. The summed E-state index contributed by atoms with van der Waals surface area (Å²) in [6.45, 7) is 0. The molecular formula is C12H15N3O9S3. The van der Waals surface area contributed by atoms with Gasteiger partial charge in [0.05, 0.1) is 19.3 Å². The highest BCUT2D eigenvalue weighted by Gasteiger charge is 2.23. The van der Waals surface area contributed by atoms with Gasteiger partial charge in [0.25, 0.3) is 0 Å². The fraction of sp³-hybridized carbons (Fsp3) is 0.500. The van der Waals surface area contributed by atoms with Crippen molar-refractivity contribution in [1.82, 2.24) is 14.2 Å². The number of hydrogen-bond acceptors (Lipinski definition) is 12. The van der Waals surface area contributed by atoms with Crippen LogP contribution in [-0.4, -0.2) is 49.4 Å². The van der Waals surface area contributed by atoms with Crippen LogP contribution in [0.1, 0.15) is 19.3 Å². The fourth-order valence-electron chi connectivity index (χ4n) is 1.44. The average Bonchev–Trinajstić information content (AvgIpc) is 2.60. The van der Waals surface area contributed by atoms with Gasteiger partial charge in [0.1, 0.15) is 0 Å². The number of carbonyl (C=O) groups is 3. The SMILES string of the molecule is O=C(CCS)On1c(=O)n(OC(=O)CCS)c(=O)n(OC(=O)CCS)c1=O. The zero-order valence-corrected chi connectivity index (χ0v) is 16.3. The third-order valence-corrected chi connectivity index (χ3v) is 3.24. The Morgan fingerprint density at radius 1 is 0.593 bits per heavy atom. The number of carbonyl (C=O) groups excluding carboxylic acids is 3. The second-order valence-electron chi connectivity index (χ2n) is 4.54. The molecule has 0 atom stereocenters. The number of thiol groups is 3. The lowest BCUT2D eigenvalue weighted by molar-refractivity contribution is -0.152. The smallest absolute Gasteiger partial charge is 0.327 e. The molecule has 0 unspecified atom stereocenters. The Hall–Kier alpha value is -2.13. The molecule has 0 bridgehead atoms. The summed E-state index contributed by atoms with van der Waals surface area (Å²) in [6, 6.07) is 0. The van der Waals surface area contributed by atoms with E-state index in [2.05, 4.69) is 52.4 Å². The van der Waals surface area contributed by atoms with Gasteiger partial charge in [-0.15, -0.1) is 0 Å². The quantitative estimate of drug-likeness (QED) is 0.341. The Morgan fingerprint density at radius 3 is 1.00 bits per heavy atom. The van der Waals surface area contributed by atoms with E-state index in [0.717, 1.165) is 0 Å². The van der Waals surface area contributed by atoms with Crippen molar-refractivity contribution in [1.29, 1.82) is 0 Å².